The Morgan fingerprint density at radius 1 is 0.952 bits per heavy atom. The van der Waals surface area contributed by atoms with Gasteiger partial charge in [-0.25, -0.2) is 5.43 Å². The highest BCUT2D eigenvalue weighted by Gasteiger charge is 2.14. The molecular weight excluding hydrogens is 258 g/mol. The van der Waals surface area contributed by atoms with E-state index >= 15 is 0 Å². The number of nitrogens with two attached hydrogens (primary N) is 1. The summed E-state index contributed by atoms with van der Waals surface area (Å²) in [5.74, 6) is 5.80. The van der Waals surface area contributed by atoms with E-state index in [-0.39, 0.29) is 6.04 Å². The monoisotopic (exact) mass is 277 g/mol. The van der Waals surface area contributed by atoms with Gasteiger partial charge in [0.2, 0.25) is 0 Å². The lowest BCUT2D eigenvalue weighted by molar-refractivity contribution is 0.635. The van der Waals surface area contributed by atoms with Gasteiger partial charge in [0.25, 0.3) is 0 Å². The first kappa shape index (κ1) is 13.7. The number of nitrogens with one attached hydrogen (secondary N) is 1. The first-order valence-electron chi connectivity index (χ1n) is 7.06. The van der Waals surface area contributed by atoms with E-state index < -0.39 is 0 Å². The number of para-hydroxylation sites is 1. The molecule has 1 atom stereocenters. The summed E-state index contributed by atoms with van der Waals surface area (Å²) < 4.78 is 0. The molecule has 0 spiro atoms. The van der Waals surface area contributed by atoms with Crippen molar-refractivity contribution in [1.29, 1.82) is 0 Å². The molecular formula is C18H19N3. The summed E-state index contributed by atoms with van der Waals surface area (Å²) in [5.41, 5.74) is 8.61. The Morgan fingerprint density at radius 3 is 2.38 bits per heavy atom. The average Bonchev–Trinajstić information content (AvgIpc) is 2.47. The smallest absolute Gasteiger partial charge is 0.0725 e. The van der Waals surface area contributed by atoms with Crippen molar-refractivity contribution in [2.24, 2.45) is 5.84 Å². The van der Waals surface area contributed by atoms with Gasteiger partial charge in [-0.15, -0.1) is 0 Å². The second-order valence-electron chi connectivity index (χ2n) is 5.48. The molecule has 21 heavy (non-hydrogen) atoms. The van der Waals surface area contributed by atoms with Crippen LogP contribution in [0.15, 0.2) is 54.7 Å². The zero-order valence-electron chi connectivity index (χ0n) is 12.3. The molecule has 0 aliphatic carbocycles. The van der Waals surface area contributed by atoms with E-state index in [9.17, 15) is 0 Å². The van der Waals surface area contributed by atoms with Crippen LogP contribution in [-0.4, -0.2) is 4.98 Å². The molecule has 2 aromatic carbocycles. The Balaban J connectivity index is 2.08. The summed E-state index contributed by atoms with van der Waals surface area (Å²) in [6, 6.07) is 16.7. The highest BCUT2D eigenvalue weighted by molar-refractivity contribution is 5.79. The Bertz CT molecular complexity index is 760. The van der Waals surface area contributed by atoms with Crippen molar-refractivity contribution < 1.29 is 0 Å². The van der Waals surface area contributed by atoms with Gasteiger partial charge in [-0.2, -0.15) is 0 Å². The molecule has 106 valence electrons. The molecule has 0 saturated heterocycles. The minimum Gasteiger partial charge on any atom is -0.271 e. The van der Waals surface area contributed by atoms with E-state index in [2.05, 4.69) is 54.6 Å². The zero-order chi connectivity index (χ0) is 14.8. The summed E-state index contributed by atoms with van der Waals surface area (Å²) in [7, 11) is 0. The Kier molecular flexibility index (Phi) is 3.69. The van der Waals surface area contributed by atoms with Crippen LogP contribution in [-0.2, 0) is 0 Å². The number of fused-ring (bicyclic) bond motifs is 1. The zero-order valence-corrected chi connectivity index (χ0v) is 12.3. The topological polar surface area (TPSA) is 50.9 Å². The molecule has 0 aliphatic heterocycles. The van der Waals surface area contributed by atoms with E-state index in [1.807, 2.05) is 24.4 Å². The quantitative estimate of drug-likeness (QED) is 0.570. The molecule has 0 amide bonds. The van der Waals surface area contributed by atoms with Crippen LogP contribution in [0.1, 0.15) is 28.3 Å². The molecule has 0 radical (unpaired) electrons. The first-order valence-corrected chi connectivity index (χ1v) is 7.06. The lowest BCUT2D eigenvalue weighted by Crippen LogP contribution is -2.29. The fraction of sp³-hybridized carbons (Fsp3) is 0.167. The minimum absolute atomic E-state index is 0.0549. The maximum Gasteiger partial charge on any atom is 0.0725 e. The molecule has 1 heterocycles. The number of benzene rings is 2. The molecule has 1 aromatic heterocycles. The van der Waals surface area contributed by atoms with E-state index in [0.717, 1.165) is 22.0 Å². The molecule has 0 aliphatic rings. The van der Waals surface area contributed by atoms with Gasteiger partial charge in [-0.05, 0) is 37.1 Å². The summed E-state index contributed by atoms with van der Waals surface area (Å²) in [6.07, 6.45) is 1.89. The van der Waals surface area contributed by atoms with Gasteiger partial charge in [0.1, 0.15) is 0 Å². The second kappa shape index (κ2) is 5.64. The molecule has 1 unspecified atom stereocenters. The van der Waals surface area contributed by atoms with Gasteiger partial charge in [-0.1, -0.05) is 47.5 Å². The van der Waals surface area contributed by atoms with Crippen LogP contribution in [0.2, 0.25) is 0 Å². The van der Waals surface area contributed by atoms with Gasteiger partial charge in [0.15, 0.2) is 0 Å². The number of hydrazine groups is 1. The second-order valence-corrected chi connectivity index (χ2v) is 5.48. The lowest BCUT2D eigenvalue weighted by atomic mass is 9.96. The van der Waals surface area contributed by atoms with Crippen molar-refractivity contribution in [3.05, 3.63) is 77.0 Å². The van der Waals surface area contributed by atoms with Crippen molar-refractivity contribution in [1.82, 2.24) is 10.4 Å². The van der Waals surface area contributed by atoms with E-state index in [4.69, 9.17) is 5.84 Å². The van der Waals surface area contributed by atoms with Gasteiger partial charge >= 0.3 is 0 Å². The van der Waals surface area contributed by atoms with Gasteiger partial charge in [0, 0.05) is 11.6 Å². The van der Waals surface area contributed by atoms with E-state index in [0.29, 0.717) is 0 Å². The van der Waals surface area contributed by atoms with Gasteiger partial charge in [0.05, 0.1) is 11.6 Å². The predicted molar refractivity (Wildman–Crippen MR) is 86.8 cm³/mol. The third kappa shape index (κ3) is 2.79. The van der Waals surface area contributed by atoms with E-state index in [1.165, 1.54) is 11.1 Å². The molecule has 0 fully saturated rings. The molecule has 3 aromatic rings. The normalized spacial score (nSPS) is 12.5. The van der Waals surface area contributed by atoms with Crippen LogP contribution in [0.3, 0.4) is 0 Å². The molecule has 3 heteroatoms. The number of nitrogens with zero attached hydrogens (tertiary/aromatic N) is 1. The van der Waals surface area contributed by atoms with Crippen LogP contribution >= 0.6 is 0 Å². The highest BCUT2D eigenvalue weighted by atomic mass is 15.2. The van der Waals surface area contributed by atoms with Gasteiger partial charge in [-0.3, -0.25) is 10.8 Å². The van der Waals surface area contributed by atoms with Crippen molar-refractivity contribution in [3.8, 4) is 0 Å². The van der Waals surface area contributed by atoms with Crippen LogP contribution in [0.4, 0.5) is 0 Å². The number of aromatic nitrogens is 1. The number of rotatable bonds is 3. The fourth-order valence-corrected chi connectivity index (χ4v) is 2.81. The number of aryl methyl sites for hydroxylation is 2. The van der Waals surface area contributed by atoms with Gasteiger partial charge < -0.3 is 0 Å². The summed E-state index contributed by atoms with van der Waals surface area (Å²) in [6.45, 7) is 4.20. The number of pyridine rings is 1. The third-order valence-electron chi connectivity index (χ3n) is 3.69. The average molecular weight is 277 g/mol. The number of hydrogen-bond donors (Lipinski definition) is 2. The van der Waals surface area contributed by atoms with Crippen LogP contribution in [0.25, 0.3) is 10.9 Å². The largest absolute Gasteiger partial charge is 0.271 e. The maximum absolute atomic E-state index is 5.80. The standard InChI is InChI=1S/C18H19N3/c1-12-7-13(2)9-15(8-12)18(21-19)16-10-14-5-3-4-6-17(14)20-11-16/h3-11,18,21H,19H2,1-2H3. The number of hydrogen-bond acceptors (Lipinski definition) is 3. The summed E-state index contributed by atoms with van der Waals surface area (Å²) in [4.78, 5) is 4.52. The lowest BCUT2D eigenvalue weighted by Gasteiger charge is -2.18. The SMILES string of the molecule is Cc1cc(C)cc(C(NN)c2cnc3ccccc3c2)c1. The summed E-state index contributed by atoms with van der Waals surface area (Å²) in [5, 5.41) is 1.12. The van der Waals surface area contributed by atoms with Crippen molar-refractivity contribution >= 4 is 10.9 Å². The Hall–Kier alpha value is -2.23. The van der Waals surface area contributed by atoms with Crippen LogP contribution < -0.4 is 11.3 Å². The van der Waals surface area contributed by atoms with Crippen molar-refractivity contribution in [2.45, 2.75) is 19.9 Å². The highest BCUT2D eigenvalue weighted by Crippen LogP contribution is 2.25. The van der Waals surface area contributed by atoms with Crippen molar-refractivity contribution in [2.75, 3.05) is 0 Å². The van der Waals surface area contributed by atoms with E-state index in [1.54, 1.807) is 0 Å². The molecule has 0 bridgehead atoms. The summed E-state index contributed by atoms with van der Waals surface area (Å²) >= 11 is 0. The molecule has 0 saturated carbocycles. The minimum atomic E-state index is -0.0549. The van der Waals surface area contributed by atoms with Crippen LogP contribution in [0, 0.1) is 13.8 Å². The molecule has 3 N–H and O–H groups in total. The third-order valence-corrected chi connectivity index (χ3v) is 3.69. The first-order chi connectivity index (χ1) is 10.2. The Morgan fingerprint density at radius 2 is 1.67 bits per heavy atom. The Labute approximate surface area is 124 Å². The maximum atomic E-state index is 5.80. The molecule has 3 nitrogen and oxygen atoms in total. The molecule has 3 rings (SSSR count). The fourth-order valence-electron chi connectivity index (χ4n) is 2.81. The van der Waals surface area contributed by atoms with Crippen LogP contribution in [0.5, 0.6) is 0 Å². The predicted octanol–water partition coefficient (Wildman–Crippen LogP) is 3.40. The van der Waals surface area contributed by atoms with Crippen molar-refractivity contribution in [3.63, 3.8) is 0 Å².